The lowest BCUT2D eigenvalue weighted by Crippen LogP contribution is -2.46. The zero-order valence-electron chi connectivity index (χ0n) is 12.7. The number of hydrogen-bond acceptors (Lipinski definition) is 3. The van der Waals surface area contributed by atoms with Crippen molar-refractivity contribution in [2.75, 3.05) is 26.2 Å². The first-order valence-corrected chi connectivity index (χ1v) is 8.23. The third-order valence-corrected chi connectivity index (χ3v) is 4.68. The third-order valence-electron chi connectivity index (χ3n) is 4.68. The Kier molecular flexibility index (Phi) is 4.86. The summed E-state index contributed by atoms with van der Waals surface area (Å²) in [5.74, 6) is 0.604. The van der Waals surface area contributed by atoms with Crippen molar-refractivity contribution in [3.8, 4) is 0 Å². The highest BCUT2D eigenvalue weighted by molar-refractivity contribution is 5.79. The Hall–Kier alpha value is -1.42. The van der Waals surface area contributed by atoms with Crippen molar-refractivity contribution in [2.45, 2.75) is 38.6 Å². The van der Waals surface area contributed by atoms with Gasteiger partial charge in [-0.2, -0.15) is 0 Å². The smallest absolute Gasteiger partial charge is 0.226 e. The van der Waals surface area contributed by atoms with E-state index in [1.165, 1.54) is 24.8 Å². The molecule has 3 rings (SSSR count). The number of carbonyl (C=O) groups is 1. The lowest BCUT2D eigenvalue weighted by Gasteiger charge is -2.36. The maximum absolute atomic E-state index is 12.6. The van der Waals surface area contributed by atoms with E-state index in [9.17, 15) is 4.79 Å². The van der Waals surface area contributed by atoms with Crippen molar-refractivity contribution in [2.24, 2.45) is 5.92 Å². The lowest BCUT2D eigenvalue weighted by molar-refractivity contribution is -0.138. The molecule has 4 heteroatoms. The molecule has 0 saturated carbocycles. The van der Waals surface area contributed by atoms with Gasteiger partial charge in [-0.3, -0.25) is 14.7 Å². The topological polar surface area (TPSA) is 36.4 Å². The summed E-state index contributed by atoms with van der Waals surface area (Å²) in [6.45, 7) is 4.90. The summed E-state index contributed by atoms with van der Waals surface area (Å²) in [4.78, 5) is 21.2. The molecule has 1 aromatic rings. The highest BCUT2D eigenvalue weighted by Gasteiger charge is 2.29. The van der Waals surface area contributed by atoms with E-state index in [4.69, 9.17) is 0 Å². The summed E-state index contributed by atoms with van der Waals surface area (Å²) in [6, 6.07) is 4.13. The van der Waals surface area contributed by atoms with Gasteiger partial charge in [0, 0.05) is 38.6 Å². The first kappa shape index (κ1) is 14.5. The Bertz CT molecular complexity index is 456. The minimum atomic E-state index is 0.207. The van der Waals surface area contributed by atoms with Gasteiger partial charge in [0.15, 0.2) is 0 Å². The highest BCUT2D eigenvalue weighted by Crippen LogP contribution is 2.22. The minimum Gasteiger partial charge on any atom is -0.342 e. The summed E-state index contributed by atoms with van der Waals surface area (Å²) in [5.41, 5.74) is 1.29. The predicted molar refractivity (Wildman–Crippen MR) is 82.7 cm³/mol. The maximum Gasteiger partial charge on any atom is 0.226 e. The van der Waals surface area contributed by atoms with Gasteiger partial charge in [-0.15, -0.1) is 0 Å². The average Bonchev–Trinajstić information content (AvgIpc) is 2.56. The molecule has 114 valence electrons. The van der Waals surface area contributed by atoms with Gasteiger partial charge in [0.2, 0.25) is 5.91 Å². The summed E-state index contributed by atoms with van der Waals surface area (Å²) in [5, 5.41) is 0. The predicted octanol–water partition coefficient (Wildman–Crippen LogP) is 2.31. The molecule has 2 aliphatic heterocycles. The molecule has 0 aromatic carbocycles. The largest absolute Gasteiger partial charge is 0.342 e. The first-order valence-electron chi connectivity index (χ1n) is 8.23. The Morgan fingerprint density at radius 3 is 2.62 bits per heavy atom. The molecule has 2 saturated heterocycles. The van der Waals surface area contributed by atoms with Crippen molar-refractivity contribution < 1.29 is 4.79 Å². The van der Waals surface area contributed by atoms with Crippen LogP contribution in [-0.4, -0.2) is 46.9 Å². The van der Waals surface area contributed by atoms with Crippen LogP contribution in [-0.2, 0) is 11.3 Å². The second-order valence-electron chi connectivity index (χ2n) is 6.32. The zero-order valence-corrected chi connectivity index (χ0v) is 12.7. The molecule has 2 aliphatic rings. The zero-order chi connectivity index (χ0) is 14.5. The van der Waals surface area contributed by atoms with E-state index in [1.54, 1.807) is 0 Å². The van der Waals surface area contributed by atoms with E-state index in [1.807, 2.05) is 12.4 Å². The van der Waals surface area contributed by atoms with Crippen LogP contribution in [0.2, 0.25) is 0 Å². The lowest BCUT2D eigenvalue weighted by atomic mass is 9.95. The van der Waals surface area contributed by atoms with E-state index in [-0.39, 0.29) is 5.92 Å². The van der Waals surface area contributed by atoms with Crippen molar-refractivity contribution in [3.05, 3.63) is 30.1 Å². The number of likely N-dealkylation sites (tertiary alicyclic amines) is 2. The molecule has 2 fully saturated rings. The van der Waals surface area contributed by atoms with Crippen LogP contribution in [0, 0.1) is 5.92 Å². The van der Waals surface area contributed by atoms with Gasteiger partial charge < -0.3 is 4.90 Å². The average molecular weight is 287 g/mol. The van der Waals surface area contributed by atoms with E-state index < -0.39 is 0 Å². The SMILES string of the molecule is O=C([C@H]1CCCN(Cc2ccncc2)C1)N1CCCCC1. The van der Waals surface area contributed by atoms with Crippen molar-refractivity contribution in [3.63, 3.8) is 0 Å². The molecule has 0 unspecified atom stereocenters. The van der Waals surface area contributed by atoms with Gasteiger partial charge in [-0.1, -0.05) is 0 Å². The molecule has 21 heavy (non-hydrogen) atoms. The van der Waals surface area contributed by atoms with Crippen molar-refractivity contribution >= 4 is 5.91 Å². The molecule has 0 N–H and O–H groups in total. The summed E-state index contributed by atoms with van der Waals surface area (Å²) in [6.07, 6.45) is 9.52. The van der Waals surface area contributed by atoms with E-state index in [2.05, 4.69) is 26.9 Å². The number of pyridine rings is 1. The Morgan fingerprint density at radius 1 is 1.10 bits per heavy atom. The third kappa shape index (κ3) is 3.82. The second kappa shape index (κ2) is 7.03. The molecule has 1 amide bonds. The molecule has 1 aromatic heterocycles. The van der Waals surface area contributed by atoms with Crippen LogP contribution in [0.4, 0.5) is 0 Å². The first-order chi connectivity index (χ1) is 10.3. The van der Waals surface area contributed by atoms with Crippen LogP contribution in [0.15, 0.2) is 24.5 Å². The van der Waals surface area contributed by atoms with Crippen LogP contribution in [0.25, 0.3) is 0 Å². The number of carbonyl (C=O) groups excluding carboxylic acids is 1. The number of hydrogen-bond donors (Lipinski definition) is 0. The maximum atomic E-state index is 12.6. The number of amides is 1. The molecule has 0 aliphatic carbocycles. The second-order valence-corrected chi connectivity index (χ2v) is 6.32. The molecule has 3 heterocycles. The fourth-order valence-electron chi connectivity index (χ4n) is 3.52. The Morgan fingerprint density at radius 2 is 1.86 bits per heavy atom. The molecular formula is C17H25N3O. The van der Waals surface area contributed by atoms with E-state index in [0.29, 0.717) is 5.91 Å². The molecular weight excluding hydrogens is 262 g/mol. The number of nitrogens with zero attached hydrogens (tertiary/aromatic N) is 3. The summed E-state index contributed by atoms with van der Waals surface area (Å²) < 4.78 is 0. The quantitative estimate of drug-likeness (QED) is 0.856. The standard InChI is InChI=1S/C17H25N3O/c21-17(20-11-2-1-3-12-20)16-5-4-10-19(14-16)13-15-6-8-18-9-7-15/h6-9,16H,1-5,10-14H2/t16-/m0/s1. The van der Waals surface area contributed by atoms with Gasteiger partial charge in [0.1, 0.15) is 0 Å². The van der Waals surface area contributed by atoms with Gasteiger partial charge in [-0.05, 0) is 56.3 Å². The van der Waals surface area contributed by atoms with Crippen LogP contribution in [0.5, 0.6) is 0 Å². The monoisotopic (exact) mass is 287 g/mol. The number of rotatable bonds is 3. The molecule has 0 spiro atoms. The van der Waals surface area contributed by atoms with Crippen LogP contribution < -0.4 is 0 Å². The fraction of sp³-hybridized carbons (Fsp3) is 0.647. The Balaban J connectivity index is 1.56. The van der Waals surface area contributed by atoms with E-state index in [0.717, 1.165) is 45.6 Å². The van der Waals surface area contributed by atoms with Gasteiger partial charge >= 0.3 is 0 Å². The van der Waals surface area contributed by atoms with Crippen LogP contribution in [0.3, 0.4) is 0 Å². The van der Waals surface area contributed by atoms with Gasteiger partial charge in [0.25, 0.3) is 0 Å². The summed E-state index contributed by atoms with van der Waals surface area (Å²) in [7, 11) is 0. The van der Waals surface area contributed by atoms with Crippen LogP contribution in [0.1, 0.15) is 37.7 Å². The number of piperidine rings is 2. The minimum absolute atomic E-state index is 0.207. The number of aromatic nitrogens is 1. The van der Waals surface area contributed by atoms with Gasteiger partial charge in [0.05, 0.1) is 5.92 Å². The van der Waals surface area contributed by atoms with Crippen LogP contribution >= 0.6 is 0 Å². The van der Waals surface area contributed by atoms with E-state index >= 15 is 0 Å². The van der Waals surface area contributed by atoms with Crippen molar-refractivity contribution in [1.82, 2.24) is 14.8 Å². The molecule has 1 atom stereocenters. The fourth-order valence-corrected chi connectivity index (χ4v) is 3.52. The normalized spacial score (nSPS) is 24.0. The summed E-state index contributed by atoms with van der Waals surface area (Å²) >= 11 is 0. The van der Waals surface area contributed by atoms with Gasteiger partial charge in [-0.25, -0.2) is 0 Å². The molecule has 4 nitrogen and oxygen atoms in total. The molecule has 0 bridgehead atoms. The Labute approximate surface area is 127 Å². The molecule has 0 radical (unpaired) electrons. The highest BCUT2D eigenvalue weighted by atomic mass is 16.2. The van der Waals surface area contributed by atoms with Crippen molar-refractivity contribution in [1.29, 1.82) is 0 Å².